The lowest BCUT2D eigenvalue weighted by Gasteiger charge is -2.09. The number of amides is 1. The van der Waals surface area contributed by atoms with E-state index >= 15 is 0 Å². The largest absolute Gasteiger partial charge is 0.491 e. The van der Waals surface area contributed by atoms with Gasteiger partial charge >= 0.3 is 0 Å². The molecule has 2 rings (SSSR count). The Hall–Kier alpha value is -2.37. The van der Waals surface area contributed by atoms with Gasteiger partial charge in [-0.25, -0.2) is 0 Å². The monoisotopic (exact) mass is 328 g/mol. The first kappa shape index (κ1) is 18.0. The van der Waals surface area contributed by atoms with Gasteiger partial charge in [-0.05, 0) is 36.9 Å². The SMILES string of the molecule is CNCCC(=O)Nc1cccc(COCCOc2ccccc2)c1. The van der Waals surface area contributed by atoms with Gasteiger partial charge in [-0.15, -0.1) is 0 Å². The molecule has 2 aromatic carbocycles. The summed E-state index contributed by atoms with van der Waals surface area (Å²) in [5, 5.41) is 5.84. The van der Waals surface area contributed by atoms with E-state index in [0.717, 1.165) is 17.0 Å². The Bertz CT molecular complexity index is 617. The zero-order valence-electron chi connectivity index (χ0n) is 14.0. The number of carbonyl (C=O) groups is 1. The van der Waals surface area contributed by atoms with Gasteiger partial charge in [-0.1, -0.05) is 30.3 Å². The summed E-state index contributed by atoms with van der Waals surface area (Å²) in [7, 11) is 1.83. The normalized spacial score (nSPS) is 10.4. The molecule has 0 heterocycles. The van der Waals surface area contributed by atoms with E-state index in [4.69, 9.17) is 9.47 Å². The maximum Gasteiger partial charge on any atom is 0.225 e. The van der Waals surface area contributed by atoms with Gasteiger partial charge in [0.15, 0.2) is 0 Å². The van der Waals surface area contributed by atoms with Gasteiger partial charge < -0.3 is 20.1 Å². The van der Waals surface area contributed by atoms with Gasteiger partial charge in [0.2, 0.25) is 5.91 Å². The quantitative estimate of drug-likeness (QED) is 0.659. The van der Waals surface area contributed by atoms with Crippen LogP contribution in [0.5, 0.6) is 5.75 Å². The second kappa shape index (κ2) is 10.4. The summed E-state index contributed by atoms with van der Waals surface area (Å²) in [5.41, 5.74) is 1.80. The number of para-hydroxylation sites is 1. The molecule has 0 unspecified atom stereocenters. The van der Waals surface area contributed by atoms with Crippen molar-refractivity contribution in [3.8, 4) is 5.75 Å². The first-order chi connectivity index (χ1) is 11.8. The summed E-state index contributed by atoms with van der Waals surface area (Å²) in [5.74, 6) is 0.839. The molecule has 0 aliphatic rings. The third-order valence-corrected chi connectivity index (χ3v) is 3.32. The van der Waals surface area contributed by atoms with Crippen LogP contribution in [0.4, 0.5) is 5.69 Å². The Morgan fingerprint density at radius 2 is 1.88 bits per heavy atom. The lowest BCUT2D eigenvalue weighted by molar-refractivity contribution is -0.116. The molecular formula is C19H24N2O3. The standard InChI is InChI=1S/C19H24N2O3/c1-20-11-10-19(22)21-17-7-5-6-16(14-17)15-23-12-13-24-18-8-3-2-4-9-18/h2-9,14,20H,10-13,15H2,1H3,(H,21,22). The van der Waals surface area contributed by atoms with Gasteiger partial charge in [0, 0.05) is 18.7 Å². The average molecular weight is 328 g/mol. The molecule has 0 fully saturated rings. The van der Waals surface area contributed by atoms with Crippen LogP contribution in [0.15, 0.2) is 54.6 Å². The fourth-order valence-electron chi connectivity index (χ4n) is 2.13. The minimum Gasteiger partial charge on any atom is -0.491 e. The number of nitrogens with one attached hydrogen (secondary N) is 2. The zero-order valence-corrected chi connectivity index (χ0v) is 14.0. The topological polar surface area (TPSA) is 59.6 Å². The van der Waals surface area contributed by atoms with Crippen LogP contribution in [0, 0.1) is 0 Å². The van der Waals surface area contributed by atoms with E-state index in [1.165, 1.54) is 0 Å². The van der Waals surface area contributed by atoms with Crippen LogP contribution in [-0.2, 0) is 16.1 Å². The number of benzene rings is 2. The number of anilines is 1. The number of rotatable bonds is 10. The minimum absolute atomic E-state index is 0.00122. The van der Waals surface area contributed by atoms with E-state index in [1.54, 1.807) is 0 Å². The van der Waals surface area contributed by atoms with E-state index in [-0.39, 0.29) is 5.91 Å². The highest BCUT2D eigenvalue weighted by molar-refractivity contribution is 5.90. The molecule has 2 N–H and O–H groups in total. The van der Waals surface area contributed by atoms with E-state index < -0.39 is 0 Å². The van der Waals surface area contributed by atoms with Crippen molar-refractivity contribution in [2.45, 2.75) is 13.0 Å². The molecular weight excluding hydrogens is 304 g/mol. The van der Waals surface area contributed by atoms with Crippen LogP contribution in [0.2, 0.25) is 0 Å². The van der Waals surface area contributed by atoms with Crippen molar-refractivity contribution >= 4 is 11.6 Å². The molecule has 0 aliphatic heterocycles. The first-order valence-corrected chi connectivity index (χ1v) is 8.07. The van der Waals surface area contributed by atoms with Gasteiger partial charge in [-0.3, -0.25) is 4.79 Å². The van der Waals surface area contributed by atoms with Crippen molar-refractivity contribution in [1.29, 1.82) is 0 Å². The van der Waals surface area contributed by atoms with Gasteiger partial charge in [0.25, 0.3) is 0 Å². The third-order valence-electron chi connectivity index (χ3n) is 3.32. The number of hydrogen-bond acceptors (Lipinski definition) is 4. The summed E-state index contributed by atoms with van der Waals surface area (Å²) in [6.45, 7) is 2.16. The summed E-state index contributed by atoms with van der Waals surface area (Å²) >= 11 is 0. The predicted molar refractivity (Wildman–Crippen MR) is 95.2 cm³/mol. The molecule has 128 valence electrons. The van der Waals surface area contributed by atoms with E-state index in [1.807, 2.05) is 61.6 Å². The molecule has 2 aromatic rings. The molecule has 0 atom stereocenters. The Balaban J connectivity index is 1.69. The summed E-state index contributed by atoms with van der Waals surface area (Å²) in [6, 6.07) is 17.3. The molecule has 24 heavy (non-hydrogen) atoms. The van der Waals surface area contributed by atoms with Crippen molar-refractivity contribution in [1.82, 2.24) is 5.32 Å². The minimum atomic E-state index is -0.00122. The van der Waals surface area contributed by atoms with Crippen molar-refractivity contribution in [2.75, 3.05) is 32.1 Å². The van der Waals surface area contributed by atoms with E-state index in [0.29, 0.717) is 32.8 Å². The number of carbonyl (C=O) groups excluding carboxylic acids is 1. The predicted octanol–water partition coefficient (Wildman–Crippen LogP) is 2.83. The van der Waals surface area contributed by atoms with Crippen LogP contribution < -0.4 is 15.4 Å². The molecule has 0 radical (unpaired) electrons. The molecule has 5 nitrogen and oxygen atoms in total. The van der Waals surface area contributed by atoms with Crippen LogP contribution >= 0.6 is 0 Å². The fraction of sp³-hybridized carbons (Fsp3) is 0.316. The van der Waals surface area contributed by atoms with E-state index in [2.05, 4.69) is 10.6 Å². The summed E-state index contributed by atoms with van der Waals surface area (Å²) < 4.78 is 11.2. The van der Waals surface area contributed by atoms with Crippen molar-refractivity contribution < 1.29 is 14.3 Å². The Morgan fingerprint density at radius 1 is 1.04 bits per heavy atom. The fourth-order valence-corrected chi connectivity index (χ4v) is 2.13. The molecule has 0 aliphatic carbocycles. The van der Waals surface area contributed by atoms with Crippen molar-refractivity contribution in [3.63, 3.8) is 0 Å². The van der Waals surface area contributed by atoms with Gasteiger partial charge in [0.1, 0.15) is 12.4 Å². The highest BCUT2D eigenvalue weighted by Crippen LogP contribution is 2.12. The number of ether oxygens (including phenoxy) is 2. The summed E-state index contributed by atoms with van der Waals surface area (Å²) in [6.07, 6.45) is 0.452. The molecule has 5 heteroatoms. The highest BCUT2D eigenvalue weighted by Gasteiger charge is 2.02. The smallest absolute Gasteiger partial charge is 0.225 e. The Labute approximate surface area is 143 Å². The second-order valence-electron chi connectivity index (χ2n) is 5.32. The third kappa shape index (κ3) is 6.81. The van der Waals surface area contributed by atoms with E-state index in [9.17, 15) is 4.79 Å². The van der Waals surface area contributed by atoms with Crippen LogP contribution in [0.25, 0.3) is 0 Å². The average Bonchev–Trinajstić information content (AvgIpc) is 2.61. The Morgan fingerprint density at radius 3 is 2.67 bits per heavy atom. The van der Waals surface area contributed by atoms with Crippen molar-refractivity contribution in [3.05, 3.63) is 60.2 Å². The van der Waals surface area contributed by atoms with Crippen molar-refractivity contribution in [2.24, 2.45) is 0 Å². The summed E-state index contributed by atoms with van der Waals surface area (Å²) in [4.78, 5) is 11.7. The molecule has 0 saturated carbocycles. The molecule has 0 bridgehead atoms. The lowest BCUT2D eigenvalue weighted by Crippen LogP contribution is -2.18. The van der Waals surface area contributed by atoms with Gasteiger partial charge in [0.05, 0.1) is 13.2 Å². The molecule has 0 spiro atoms. The molecule has 1 amide bonds. The van der Waals surface area contributed by atoms with Gasteiger partial charge in [-0.2, -0.15) is 0 Å². The lowest BCUT2D eigenvalue weighted by atomic mass is 10.2. The highest BCUT2D eigenvalue weighted by atomic mass is 16.5. The number of hydrogen-bond donors (Lipinski definition) is 2. The maximum atomic E-state index is 11.7. The Kier molecular flexibility index (Phi) is 7.80. The maximum absolute atomic E-state index is 11.7. The first-order valence-electron chi connectivity index (χ1n) is 8.07. The zero-order chi connectivity index (χ0) is 17.0. The van der Waals surface area contributed by atoms with Crippen LogP contribution in [0.3, 0.4) is 0 Å². The molecule has 0 saturated heterocycles. The van der Waals surface area contributed by atoms with Crippen LogP contribution in [-0.4, -0.2) is 32.7 Å². The van der Waals surface area contributed by atoms with Crippen LogP contribution in [0.1, 0.15) is 12.0 Å². The molecule has 0 aromatic heterocycles. The second-order valence-corrected chi connectivity index (χ2v) is 5.32.